The molecule has 9 heteroatoms. The topological polar surface area (TPSA) is 122 Å². The second-order valence-electron chi connectivity index (χ2n) is 4.32. The summed E-state index contributed by atoms with van der Waals surface area (Å²) in [7, 11) is -2.47. The van der Waals surface area contributed by atoms with Gasteiger partial charge in [-0.25, -0.2) is 9.52 Å². The second kappa shape index (κ2) is 7.04. The van der Waals surface area contributed by atoms with E-state index >= 15 is 0 Å². The molecule has 0 bridgehead atoms. The molecular weight excluding hydrogens is 296 g/mol. The fraction of sp³-hybridized carbons (Fsp3) is 0.333. The first-order chi connectivity index (χ1) is 9.76. The quantitative estimate of drug-likeness (QED) is 0.707. The molecule has 21 heavy (non-hydrogen) atoms. The summed E-state index contributed by atoms with van der Waals surface area (Å²) >= 11 is 0. The van der Waals surface area contributed by atoms with Crippen molar-refractivity contribution in [2.45, 2.75) is 13.3 Å². The lowest BCUT2D eigenvalue weighted by Gasteiger charge is -2.16. The van der Waals surface area contributed by atoms with E-state index in [9.17, 15) is 18.0 Å². The number of benzene rings is 1. The average Bonchev–Trinajstić information content (AvgIpc) is 2.38. The number of rotatable bonds is 6. The molecule has 0 saturated carbocycles. The summed E-state index contributed by atoms with van der Waals surface area (Å²) in [6.07, 6.45) is 0.638. The summed E-state index contributed by atoms with van der Waals surface area (Å²) in [5.74, 6) is -0.747. The van der Waals surface area contributed by atoms with Crippen molar-refractivity contribution in [3.63, 3.8) is 0 Å². The predicted molar refractivity (Wildman–Crippen MR) is 79.0 cm³/mol. The van der Waals surface area contributed by atoms with Crippen molar-refractivity contribution in [1.29, 1.82) is 0 Å². The SMILES string of the molecule is CCCN(C)S(=O)(=O)NC(=O)c1ccc(NC(N)=O)cc1. The van der Waals surface area contributed by atoms with Crippen LogP contribution in [0.4, 0.5) is 10.5 Å². The van der Waals surface area contributed by atoms with Crippen molar-refractivity contribution in [3.8, 4) is 0 Å². The van der Waals surface area contributed by atoms with Gasteiger partial charge in [0, 0.05) is 24.8 Å². The van der Waals surface area contributed by atoms with Gasteiger partial charge in [0.1, 0.15) is 0 Å². The lowest BCUT2D eigenvalue weighted by Crippen LogP contribution is -2.41. The van der Waals surface area contributed by atoms with Crippen molar-refractivity contribution in [2.75, 3.05) is 18.9 Å². The van der Waals surface area contributed by atoms with Gasteiger partial charge in [0.2, 0.25) is 0 Å². The van der Waals surface area contributed by atoms with Gasteiger partial charge in [-0.3, -0.25) is 4.79 Å². The number of amides is 3. The van der Waals surface area contributed by atoms with Crippen molar-refractivity contribution in [3.05, 3.63) is 29.8 Å². The molecule has 1 aromatic rings. The Hall–Kier alpha value is -2.13. The molecule has 0 fully saturated rings. The van der Waals surface area contributed by atoms with Crippen LogP contribution in [0.15, 0.2) is 24.3 Å². The van der Waals surface area contributed by atoms with Crippen LogP contribution in [0.5, 0.6) is 0 Å². The molecule has 0 heterocycles. The zero-order valence-corrected chi connectivity index (χ0v) is 12.6. The van der Waals surface area contributed by atoms with Crippen molar-refractivity contribution in [2.24, 2.45) is 5.73 Å². The van der Waals surface area contributed by atoms with Crippen LogP contribution in [0.25, 0.3) is 0 Å². The summed E-state index contributed by atoms with van der Waals surface area (Å²) in [4.78, 5) is 22.5. The average molecular weight is 314 g/mol. The Bertz CT molecular complexity index is 613. The molecule has 0 aromatic heterocycles. The van der Waals surface area contributed by atoms with Crippen LogP contribution in [-0.4, -0.2) is 38.3 Å². The molecule has 0 aliphatic rings. The number of nitrogens with one attached hydrogen (secondary N) is 2. The monoisotopic (exact) mass is 314 g/mol. The molecule has 0 spiro atoms. The summed E-state index contributed by atoms with van der Waals surface area (Å²) in [5.41, 5.74) is 5.51. The number of urea groups is 1. The number of primary amides is 1. The zero-order chi connectivity index (χ0) is 16.0. The first-order valence-corrected chi connectivity index (χ1v) is 7.65. The van der Waals surface area contributed by atoms with E-state index in [0.29, 0.717) is 18.7 Å². The normalized spacial score (nSPS) is 11.2. The Morgan fingerprint density at radius 3 is 2.29 bits per heavy atom. The highest BCUT2D eigenvalue weighted by molar-refractivity contribution is 7.87. The van der Waals surface area contributed by atoms with Crippen LogP contribution in [0.3, 0.4) is 0 Å². The van der Waals surface area contributed by atoms with Gasteiger partial charge in [-0.15, -0.1) is 0 Å². The molecule has 1 rings (SSSR count). The van der Waals surface area contributed by atoms with Crippen molar-refractivity contribution >= 4 is 27.8 Å². The van der Waals surface area contributed by atoms with Gasteiger partial charge in [0.05, 0.1) is 0 Å². The third kappa shape index (κ3) is 5.04. The van der Waals surface area contributed by atoms with E-state index in [1.807, 2.05) is 11.6 Å². The van der Waals surface area contributed by atoms with Crippen molar-refractivity contribution < 1.29 is 18.0 Å². The van der Waals surface area contributed by atoms with E-state index in [1.165, 1.54) is 31.3 Å². The summed E-state index contributed by atoms with van der Waals surface area (Å²) in [5, 5.41) is 2.33. The minimum atomic E-state index is -3.85. The molecule has 0 atom stereocenters. The van der Waals surface area contributed by atoms with Crippen LogP contribution >= 0.6 is 0 Å². The minimum absolute atomic E-state index is 0.151. The molecule has 0 aliphatic heterocycles. The Morgan fingerprint density at radius 1 is 1.24 bits per heavy atom. The highest BCUT2D eigenvalue weighted by atomic mass is 32.2. The van der Waals surface area contributed by atoms with E-state index in [1.54, 1.807) is 0 Å². The van der Waals surface area contributed by atoms with Crippen LogP contribution in [-0.2, 0) is 10.2 Å². The molecule has 0 radical (unpaired) electrons. The fourth-order valence-corrected chi connectivity index (χ4v) is 2.47. The smallest absolute Gasteiger partial charge is 0.316 e. The third-order valence-electron chi connectivity index (χ3n) is 2.59. The van der Waals surface area contributed by atoms with E-state index < -0.39 is 22.1 Å². The van der Waals surface area contributed by atoms with Gasteiger partial charge >= 0.3 is 16.2 Å². The maximum Gasteiger partial charge on any atom is 0.316 e. The summed E-state index contributed by atoms with van der Waals surface area (Å²) in [6.45, 7) is 2.14. The van der Waals surface area contributed by atoms with Crippen LogP contribution in [0.2, 0.25) is 0 Å². The van der Waals surface area contributed by atoms with E-state index in [-0.39, 0.29) is 5.56 Å². The van der Waals surface area contributed by atoms with Crippen LogP contribution < -0.4 is 15.8 Å². The van der Waals surface area contributed by atoms with E-state index in [2.05, 4.69) is 5.32 Å². The van der Waals surface area contributed by atoms with Gasteiger partial charge in [-0.1, -0.05) is 6.92 Å². The molecule has 0 unspecified atom stereocenters. The largest absolute Gasteiger partial charge is 0.351 e. The van der Waals surface area contributed by atoms with Gasteiger partial charge in [0.15, 0.2) is 0 Å². The Labute approximate surface area is 123 Å². The van der Waals surface area contributed by atoms with Gasteiger partial charge in [-0.05, 0) is 30.7 Å². The standard InChI is InChI=1S/C12H18N4O4S/c1-3-8-16(2)21(19,20)15-11(17)9-4-6-10(7-5-9)14-12(13)18/h4-7H,3,8H2,1-2H3,(H,15,17)(H3,13,14,18). The number of carbonyl (C=O) groups excluding carboxylic acids is 2. The Kier molecular flexibility index (Phi) is 5.68. The molecule has 1 aromatic carbocycles. The summed E-state index contributed by atoms with van der Waals surface area (Å²) < 4.78 is 26.7. The lowest BCUT2D eigenvalue weighted by molar-refractivity contribution is 0.0979. The number of carbonyl (C=O) groups is 2. The predicted octanol–water partition coefficient (Wildman–Crippen LogP) is 0.494. The lowest BCUT2D eigenvalue weighted by atomic mass is 10.2. The zero-order valence-electron chi connectivity index (χ0n) is 11.8. The van der Waals surface area contributed by atoms with Crippen molar-refractivity contribution in [1.82, 2.24) is 9.03 Å². The molecule has 4 N–H and O–H groups in total. The van der Waals surface area contributed by atoms with Gasteiger partial charge in [-0.2, -0.15) is 12.7 Å². The highest BCUT2D eigenvalue weighted by Gasteiger charge is 2.20. The summed E-state index contributed by atoms with van der Waals surface area (Å²) in [6, 6.07) is 4.94. The number of hydrogen-bond donors (Lipinski definition) is 3. The fourth-order valence-electron chi connectivity index (χ4n) is 1.54. The van der Waals surface area contributed by atoms with Gasteiger partial charge < -0.3 is 11.1 Å². The number of hydrogen-bond acceptors (Lipinski definition) is 4. The Morgan fingerprint density at radius 2 is 1.81 bits per heavy atom. The second-order valence-corrected chi connectivity index (χ2v) is 6.10. The first kappa shape index (κ1) is 16.9. The number of anilines is 1. The number of nitrogens with two attached hydrogens (primary N) is 1. The molecule has 8 nitrogen and oxygen atoms in total. The molecule has 116 valence electrons. The molecule has 0 aliphatic carbocycles. The van der Waals surface area contributed by atoms with E-state index in [4.69, 9.17) is 5.73 Å². The van der Waals surface area contributed by atoms with E-state index in [0.717, 1.165) is 4.31 Å². The molecule has 3 amide bonds. The maximum atomic E-state index is 11.9. The number of nitrogens with zero attached hydrogens (tertiary/aromatic N) is 1. The van der Waals surface area contributed by atoms with Crippen LogP contribution in [0, 0.1) is 0 Å². The maximum absolute atomic E-state index is 11.9. The van der Waals surface area contributed by atoms with Gasteiger partial charge in [0.25, 0.3) is 5.91 Å². The highest BCUT2D eigenvalue weighted by Crippen LogP contribution is 2.09. The Balaban J connectivity index is 2.78. The molecule has 0 saturated heterocycles. The van der Waals surface area contributed by atoms with Crippen LogP contribution in [0.1, 0.15) is 23.7 Å². The molecular formula is C12H18N4O4S. The first-order valence-electron chi connectivity index (χ1n) is 6.21. The third-order valence-corrected chi connectivity index (χ3v) is 4.03. The minimum Gasteiger partial charge on any atom is -0.351 e.